The summed E-state index contributed by atoms with van der Waals surface area (Å²) in [5, 5.41) is 4.83. The molecule has 0 aliphatic carbocycles. The number of nitrogens with one attached hydrogen (secondary N) is 1. The first-order chi connectivity index (χ1) is 14.1. The molecule has 1 N–H and O–H groups in total. The molecule has 1 aromatic heterocycles. The molecule has 0 bridgehead atoms. The molecule has 1 heterocycles. The van der Waals surface area contributed by atoms with Gasteiger partial charge in [-0.2, -0.15) is 0 Å². The third-order valence-corrected chi connectivity index (χ3v) is 5.77. The van der Waals surface area contributed by atoms with Crippen molar-refractivity contribution < 1.29 is 4.79 Å². The maximum atomic E-state index is 12.9. The normalized spacial score (nSPS) is 11.0. The van der Waals surface area contributed by atoms with E-state index in [-0.39, 0.29) is 17.2 Å². The first kappa shape index (κ1) is 21.4. The van der Waals surface area contributed by atoms with Gasteiger partial charge in [-0.25, -0.2) is 4.98 Å². The Hall–Kier alpha value is -2.31. The third-order valence-electron chi connectivity index (χ3n) is 4.54. The number of rotatable bonds is 9. The summed E-state index contributed by atoms with van der Waals surface area (Å²) in [6, 6.07) is 14.9. The molecule has 1 amide bonds. The smallest absolute Gasteiger partial charge is 0.262 e. The van der Waals surface area contributed by atoms with Gasteiger partial charge >= 0.3 is 0 Å². The van der Waals surface area contributed by atoms with E-state index in [0.717, 1.165) is 24.8 Å². The molecule has 0 saturated heterocycles. The molecule has 0 aliphatic heterocycles. The Kier molecular flexibility index (Phi) is 7.72. The second kappa shape index (κ2) is 10.5. The number of hydrogen-bond acceptors (Lipinski definition) is 4. The van der Waals surface area contributed by atoms with Crippen LogP contribution in [0.2, 0.25) is 5.02 Å². The van der Waals surface area contributed by atoms with Gasteiger partial charge < -0.3 is 5.32 Å². The number of para-hydroxylation sites is 1. The van der Waals surface area contributed by atoms with Crippen LogP contribution in [0, 0.1) is 0 Å². The minimum absolute atomic E-state index is 0.0466. The van der Waals surface area contributed by atoms with Crippen molar-refractivity contribution in [2.75, 3.05) is 12.3 Å². The number of benzene rings is 2. The van der Waals surface area contributed by atoms with Gasteiger partial charge in [0.05, 0.1) is 16.7 Å². The number of hydrogen-bond donors (Lipinski definition) is 1. The quantitative estimate of drug-likeness (QED) is 0.407. The first-order valence-electron chi connectivity index (χ1n) is 9.72. The third kappa shape index (κ3) is 5.84. The molecule has 0 aliphatic rings. The Morgan fingerprint density at radius 2 is 1.93 bits per heavy atom. The molecule has 0 fully saturated rings. The number of nitrogens with zero attached hydrogens (tertiary/aromatic N) is 2. The van der Waals surface area contributed by atoms with E-state index in [4.69, 9.17) is 11.6 Å². The van der Waals surface area contributed by atoms with Crippen molar-refractivity contribution in [1.29, 1.82) is 0 Å². The van der Waals surface area contributed by atoms with E-state index >= 15 is 0 Å². The predicted molar refractivity (Wildman–Crippen MR) is 120 cm³/mol. The average molecular weight is 430 g/mol. The topological polar surface area (TPSA) is 64.0 Å². The molecule has 29 heavy (non-hydrogen) atoms. The highest BCUT2D eigenvalue weighted by atomic mass is 35.5. The van der Waals surface area contributed by atoms with Crippen LogP contribution >= 0.6 is 23.4 Å². The standard InChI is InChI=1S/C22H24ClN3O2S/c1-2-3-14-26-21(28)18-6-4-5-7-19(18)25-22(26)29-15-20(27)24-13-12-16-8-10-17(23)11-9-16/h4-11H,2-3,12-15H2,1H3,(H,24,27). The molecule has 5 nitrogen and oxygen atoms in total. The molecule has 0 unspecified atom stereocenters. The number of carbonyl (C=O) groups is 1. The highest BCUT2D eigenvalue weighted by Gasteiger charge is 2.13. The molecule has 7 heteroatoms. The van der Waals surface area contributed by atoms with E-state index in [1.807, 2.05) is 42.5 Å². The number of amides is 1. The number of halogens is 1. The molecule has 0 atom stereocenters. The van der Waals surface area contributed by atoms with Crippen LogP contribution < -0.4 is 10.9 Å². The zero-order valence-corrected chi connectivity index (χ0v) is 17.9. The molecular formula is C22H24ClN3O2S. The summed E-state index contributed by atoms with van der Waals surface area (Å²) in [4.78, 5) is 29.7. The number of aromatic nitrogens is 2. The first-order valence-corrected chi connectivity index (χ1v) is 11.1. The average Bonchev–Trinajstić information content (AvgIpc) is 2.73. The van der Waals surface area contributed by atoms with E-state index in [2.05, 4.69) is 17.2 Å². The lowest BCUT2D eigenvalue weighted by Gasteiger charge is -2.12. The molecule has 3 aromatic rings. The van der Waals surface area contributed by atoms with Gasteiger partial charge in [-0.3, -0.25) is 14.2 Å². The van der Waals surface area contributed by atoms with Crippen LogP contribution in [0.5, 0.6) is 0 Å². The molecular weight excluding hydrogens is 406 g/mol. The Labute approximate surface area is 179 Å². The minimum atomic E-state index is -0.0755. The van der Waals surface area contributed by atoms with Gasteiger partial charge in [-0.15, -0.1) is 0 Å². The SMILES string of the molecule is CCCCn1c(SCC(=O)NCCc2ccc(Cl)cc2)nc2ccccc2c1=O. The molecule has 3 rings (SSSR count). The van der Waals surface area contributed by atoms with Crippen LogP contribution in [-0.2, 0) is 17.8 Å². The fraction of sp³-hybridized carbons (Fsp3) is 0.318. The van der Waals surface area contributed by atoms with Crippen molar-refractivity contribution in [3.05, 3.63) is 69.5 Å². The summed E-state index contributed by atoms with van der Waals surface area (Å²) in [5.74, 6) is 0.144. The zero-order valence-electron chi connectivity index (χ0n) is 16.4. The zero-order chi connectivity index (χ0) is 20.6. The van der Waals surface area contributed by atoms with Crippen molar-refractivity contribution in [2.24, 2.45) is 0 Å². The number of carbonyl (C=O) groups excluding carboxylic acids is 1. The van der Waals surface area contributed by atoms with Crippen LogP contribution in [0.25, 0.3) is 10.9 Å². The Bertz CT molecular complexity index is 1030. The molecule has 0 saturated carbocycles. The van der Waals surface area contributed by atoms with Gasteiger partial charge in [-0.05, 0) is 42.7 Å². The maximum absolute atomic E-state index is 12.9. The second-order valence-electron chi connectivity index (χ2n) is 6.74. The number of thioether (sulfide) groups is 1. The van der Waals surface area contributed by atoms with Crippen LogP contribution in [0.1, 0.15) is 25.3 Å². The lowest BCUT2D eigenvalue weighted by molar-refractivity contribution is -0.118. The van der Waals surface area contributed by atoms with Crippen molar-refractivity contribution in [3.8, 4) is 0 Å². The molecule has 152 valence electrons. The maximum Gasteiger partial charge on any atom is 0.262 e. The summed E-state index contributed by atoms with van der Waals surface area (Å²) in [6.45, 7) is 3.24. The highest BCUT2D eigenvalue weighted by molar-refractivity contribution is 7.99. The lowest BCUT2D eigenvalue weighted by Crippen LogP contribution is -2.28. The van der Waals surface area contributed by atoms with E-state index in [9.17, 15) is 9.59 Å². The summed E-state index contributed by atoms with van der Waals surface area (Å²) in [5.41, 5.74) is 1.73. The second-order valence-corrected chi connectivity index (χ2v) is 8.12. The number of unbranched alkanes of at least 4 members (excludes halogenated alkanes) is 1. The fourth-order valence-corrected chi connectivity index (χ4v) is 3.93. The van der Waals surface area contributed by atoms with Crippen molar-refractivity contribution in [1.82, 2.24) is 14.9 Å². The van der Waals surface area contributed by atoms with Crippen molar-refractivity contribution in [2.45, 2.75) is 37.9 Å². The summed E-state index contributed by atoms with van der Waals surface area (Å²) in [7, 11) is 0. The molecule has 0 radical (unpaired) electrons. The van der Waals surface area contributed by atoms with Crippen LogP contribution in [0.4, 0.5) is 0 Å². The summed E-state index contributed by atoms with van der Waals surface area (Å²) < 4.78 is 1.69. The van der Waals surface area contributed by atoms with E-state index in [1.54, 1.807) is 10.6 Å². The monoisotopic (exact) mass is 429 g/mol. The summed E-state index contributed by atoms with van der Waals surface area (Å²) >= 11 is 7.19. The summed E-state index contributed by atoms with van der Waals surface area (Å²) in [6.07, 6.45) is 2.61. The van der Waals surface area contributed by atoms with Crippen molar-refractivity contribution in [3.63, 3.8) is 0 Å². The Morgan fingerprint density at radius 1 is 1.17 bits per heavy atom. The van der Waals surface area contributed by atoms with Crippen LogP contribution in [-0.4, -0.2) is 27.8 Å². The molecule has 2 aromatic carbocycles. The van der Waals surface area contributed by atoms with Crippen molar-refractivity contribution >= 4 is 40.2 Å². The van der Waals surface area contributed by atoms with Gasteiger partial charge in [0.2, 0.25) is 5.91 Å². The van der Waals surface area contributed by atoms with Crippen LogP contribution in [0.15, 0.2) is 58.5 Å². The van der Waals surface area contributed by atoms with E-state index < -0.39 is 0 Å². The Morgan fingerprint density at radius 3 is 2.69 bits per heavy atom. The van der Waals surface area contributed by atoms with Gasteiger partial charge in [0.1, 0.15) is 0 Å². The van der Waals surface area contributed by atoms with Gasteiger partial charge in [-0.1, -0.05) is 61.0 Å². The lowest BCUT2D eigenvalue weighted by atomic mass is 10.1. The fourth-order valence-electron chi connectivity index (χ4n) is 2.95. The van der Waals surface area contributed by atoms with E-state index in [0.29, 0.717) is 34.2 Å². The predicted octanol–water partition coefficient (Wildman–Crippen LogP) is 4.30. The highest BCUT2D eigenvalue weighted by Crippen LogP contribution is 2.18. The van der Waals surface area contributed by atoms with Gasteiger partial charge in [0.15, 0.2) is 5.16 Å². The Balaban J connectivity index is 1.63. The van der Waals surface area contributed by atoms with E-state index in [1.165, 1.54) is 11.8 Å². The van der Waals surface area contributed by atoms with Crippen LogP contribution in [0.3, 0.4) is 0 Å². The molecule has 0 spiro atoms. The largest absolute Gasteiger partial charge is 0.355 e. The van der Waals surface area contributed by atoms with Gasteiger partial charge in [0, 0.05) is 18.1 Å². The number of fused-ring (bicyclic) bond motifs is 1. The minimum Gasteiger partial charge on any atom is -0.355 e. The van der Waals surface area contributed by atoms with Gasteiger partial charge in [0.25, 0.3) is 5.56 Å².